The molecule has 5 heteroatoms. The molecule has 37 heavy (non-hydrogen) atoms. The quantitative estimate of drug-likeness (QED) is 0.108. The predicted molar refractivity (Wildman–Crippen MR) is 156 cm³/mol. The van der Waals surface area contributed by atoms with Gasteiger partial charge in [0.05, 0.1) is 23.3 Å². The number of hydrogen-bond acceptors (Lipinski definition) is 5. The number of carbonyl (C=O) groups is 1. The van der Waals surface area contributed by atoms with Crippen molar-refractivity contribution in [3.8, 4) is 0 Å². The number of rotatable bonds is 19. The SMILES string of the molecule is CCCCCCCCCCCCN(CCOC(=O)C(C)(C)CC)c1ccc(N=Nc2ccccc2)cc1. The second-order valence-corrected chi connectivity index (χ2v) is 10.6. The van der Waals surface area contributed by atoms with E-state index in [-0.39, 0.29) is 5.97 Å². The fraction of sp³-hybridized carbons (Fsp3) is 0.594. The molecule has 0 fully saturated rings. The number of unbranched alkanes of at least 4 members (excludes halogenated alkanes) is 9. The van der Waals surface area contributed by atoms with Gasteiger partial charge in [0, 0.05) is 12.2 Å². The molecule has 0 aromatic heterocycles. The molecule has 0 saturated carbocycles. The molecule has 0 heterocycles. The molecule has 0 aliphatic heterocycles. The number of benzene rings is 2. The fourth-order valence-corrected chi connectivity index (χ4v) is 4.09. The van der Waals surface area contributed by atoms with Crippen LogP contribution in [0.25, 0.3) is 0 Å². The molecule has 0 amide bonds. The van der Waals surface area contributed by atoms with Crippen LogP contribution in [0.1, 0.15) is 98.3 Å². The highest BCUT2D eigenvalue weighted by Crippen LogP contribution is 2.24. The zero-order valence-corrected chi connectivity index (χ0v) is 23.8. The van der Waals surface area contributed by atoms with Crippen LogP contribution >= 0.6 is 0 Å². The molecular weight excluding hydrogens is 458 g/mol. The Kier molecular flexibility index (Phi) is 14.6. The van der Waals surface area contributed by atoms with Gasteiger partial charge in [-0.25, -0.2) is 0 Å². The summed E-state index contributed by atoms with van der Waals surface area (Å²) in [6.07, 6.45) is 14.0. The number of nitrogens with zero attached hydrogens (tertiary/aromatic N) is 3. The van der Waals surface area contributed by atoms with Crippen LogP contribution in [0.4, 0.5) is 17.1 Å². The number of hydrogen-bond donors (Lipinski definition) is 0. The lowest BCUT2D eigenvalue weighted by molar-refractivity contribution is -0.153. The predicted octanol–water partition coefficient (Wildman–Crippen LogP) is 9.81. The Bertz CT molecular complexity index is 894. The topological polar surface area (TPSA) is 54.3 Å². The third-order valence-corrected chi connectivity index (χ3v) is 7.06. The van der Waals surface area contributed by atoms with Gasteiger partial charge < -0.3 is 9.64 Å². The van der Waals surface area contributed by atoms with Crippen LogP contribution in [-0.2, 0) is 9.53 Å². The van der Waals surface area contributed by atoms with Crippen molar-refractivity contribution < 1.29 is 9.53 Å². The minimum absolute atomic E-state index is 0.120. The van der Waals surface area contributed by atoms with Crippen molar-refractivity contribution in [1.29, 1.82) is 0 Å². The molecule has 2 aromatic carbocycles. The second kappa shape index (κ2) is 17.7. The van der Waals surface area contributed by atoms with E-state index in [1.54, 1.807) is 0 Å². The Balaban J connectivity index is 1.87. The second-order valence-electron chi connectivity index (χ2n) is 10.6. The van der Waals surface area contributed by atoms with Gasteiger partial charge in [-0.2, -0.15) is 10.2 Å². The Hall–Kier alpha value is -2.69. The highest BCUT2D eigenvalue weighted by Gasteiger charge is 2.27. The monoisotopic (exact) mass is 507 g/mol. The summed E-state index contributed by atoms with van der Waals surface area (Å²) in [5, 5.41) is 8.67. The third kappa shape index (κ3) is 12.4. The van der Waals surface area contributed by atoms with Crippen LogP contribution < -0.4 is 4.90 Å². The molecule has 5 nitrogen and oxygen atoms in total. The Labute approximate surface area is 225 Å². The third-order valence-electron chi connectivity index (χ3n) is 7.06. The standard InChI is InChI=1S/C32H49N3O2/c1-5-7-8-9-10-11-12-13-14-18-25-35(26-27-37-31(36)32(3,4)6-2)30-23-21-29(22-24-30)34-33-28-19-16-15-17-20-28/h15-17,19-24H,5-14,18,25-27H2,1-4H3. The zero-order chi connectivity index (χ0) is 26.8. The van der Waals surface area contributed by atoms with E-state index in [1.807, 2.05) is 63.2 Å². The van der Waals surface area contributed by atoms with Crippen LogP contribution in [0.3, 0.4) is 0 Å². The molecule has 0 aliphatic rings. The number of ether oxygens (including phenoxy) is 1. The number of azo groups is 1. The maximum absolute atomic E-state index is 12.4. The summed E-state index contributed by atoms with van der Waals surface area (Å²) in [7, 11) is 0. The first kappa shape index (κ1) is 30.5. The maximum atomic E-state index is 12.4. The van der Waals surface area contributed by atoms with Crippen molar-refractivity contribution in [2.75, 3.05) is 24.6 Å². The average molecular weight is 508 g/mol. The molecule has 0 saturated heterocycles. The largest absolute Gasteiger partial charge is 0.463 e. The molecule has 2 rings (SSSR count). The Morgan fingerprint density at radius 1 is 0.730 bits per heavy atom. The Morgan fingerprint density at radius 3 is 1.84 bits per heavy atom. The van der Waals surface area contributed by atoms with Crippen molar-refractivity contribution >= 4 is 23.0 Å². The summed E-state index contributed by atoms with van der Waals surface area (Å²) >= 11 is 0. The summed E-state index contributed by atoms with van der Waals surface area (Å²) in [6.45, 7) is 10.2. The van der Waals surface area contributed by atoms with Crippen LogP contribution in [-0.4, -0.2) is 25.7 Å². The lowest BCUT2D eigenvalue weighted by atomic mass is 9.91. The van der Waals surface area contributed by atoms with Gasteiger partial charge in [0.15, 0.2) is 0 Å². The van der Waals surface area contributed by atoms with Crippen LogP contribution in [0.2, 0.25) is 0 Å². The highest BCUT2D eigenvalue weighted by molar-refractivity contribution is 5.75. The van der Waals surface area contributed by atoms with Gasteiger partial charge in [-0.3, -0.25) is 4.79 Å². The van der Waals surface area contributed by atoms with Gasteiger partial charge in [-0.05, 0) is 63.1 Å². The first-order valence-corrected chi connectivity index (χ1v) is 14.5. The lowest BCUT2D eigenvalue weighted by Crippen LogP contribution is -2.32. The van der Waals surface area contributed by atoms with Crippen LogP contribution in [0.5, 0.6) is 0 Å². The number of anilines is 1. The van der Waals surface area contributed by atoms with E-state index >= 15 is 0 Å². The van der Waals surface area contributed by atoms with Crippen molar-refractivity contribution in [2.45, 2.75) is 98.3 Å². The summed E-state index contributed by atoms with van der Waals surface area (Å²) in [4.78, 5) is 14.8. The molecule has 0 spiro atoms. The normalized spacial score (nSPS) is 11.7. The maximum Gasteiger partial charge on any atom is 0.311 e. The van der Waals surface area contributed by atoms with E-state index in [2.05, 4.69) is 34.2 Å². The smallest absolute Gasteiger partial charge is 0.311 e. The van der Waals surface area contributed by atoms with Crippen molar-refractivity contribution in [3.63, 3.8) is 0 Å². The van der Waals surface area contributed by atoms with E-state index in [4.69, 9.17) is 4.74 Å². The number of carbonyl (C=O) groups excluding carboxylic acids is 1. The van der Waals surface area contributed by atoms with Crippen LogP contribution in [0.15, 0.2) is 64.8 Å². The first-order chi connectivity index (χ1) is 18.0. The van der Waals surface area contributed by atoms with Gasteiger partial charge in [0.25, 0.3) is 0 Å². The number of esters is 1. The van der Waals surface area contributed by atoms with Gasteiger partial charge in [0.1, 0.15) is 6.61 Å². The molecule has 0 bridgehead atoms. The van der Waals surface area contributed by atoms with Crippen molar-refractivity contribution in [1.82, 2.24) is 0 Å². The first-order valence-electron chi connectivity index (χ1n) is 14.5. The zero-order valence-electron chi connectivity index (χ0n) is 23.8. The van der Waals surface area contributed by atoms with Crippen molar-refractivity contribution in [3.05, 3.63) is 54.6 Å². The summed E-state index contributed by atoms with van der Waals surface area (Å²) in [6, 6.07) is 17.9. The van der Waals surface area contributed by atoms with E-state index in [9.17, 15) is 4.79 Å². The minimum Gasteiger partial charge on any atom is -0.463 e. The van der Waals surface area contributed by atoms with Gasteiger partial charge in [-0.15, -0.1) is 0 Å². The van der Waals surface area contributed by atoms with E-state index in [0.29, 0.717) is 13.2 Å². The summed E-state index contributed by atoms with van der Waals surface area (Å²) < 4.78 is 5.65. The molecule has 0 N–H and O–H groups in total. The van der Waals surface area contributed by atoms with Crippen LogP contribution in [0, 0.1) is 5.41 Å². The average Bonchev–Trinajstić information content (AvgIpc) is 2.92. The van der Waals surface area contributed by atoms with E-state index in [0.717, 1.165) is 36.4 Å². The van der Waals surface area contributed by atoms with Gasteiger partial charge >= 0.3 is 5.97 Å². The fourth-order valence-electron chi connectivity index (χ4n) is 4.09. The van der Waals surface area contributed by atoms with E-state index in [1.165, 1.54) is 57.8 Å². The molecule has 0 radical (unpaired) electrons. The molecule has 204 valence electrons. The summed E-state index contributed by atoms with van der Waals surface area (Å²) in [5.41, 5.74) is 2.35. The molecule has 0 aliphatic carbocycles. The lowest BCUT2D eigenvalue weighted by Gasteiger charge is -2.26. The molecule has 0 atom stereocenters. The molecule has 2 aromatic rings. The van der Waals surface area contributed by atoms with Crippen molar-refractivity contribution in [2.24, 2.45) is 15.6 Å². The van der Waals surface area contributed by atoms with Gasteiger partial charge in [-0.1, -0.05) is 89.8 Å². The Morgan fingerprint density at radius 2 is 1.27 bits per heavy atom. The van der Waals surface area contributed by atoms with E-state index < -0.39 is 5.41 Å². The summed E-state index contributed by atoms with van der Waals surface area (Å²) in [5.74, 6) is -0.120. The highest BCUT2D eigenvalue weighted by atomic mass is 16.5. The molecular formula is C32H49N3O2. The molecule has 0 unspecified atom stereocenters. The van der Waals surface area contributed by atoms with Gasteiger partial charge in [0.2, 0.25) is 0 Å². The minimum atomic E-state index is -0.438.